The van der Waals surface area contributed by atoms with Crippen molar-refractivity contribution in [1.29, 1.82) is 0 Å². The van der Waals surface area contributed by atoms with Crippen molar-refractivity contribution in [2.24, 2.45) is 5.92 Å². The molecular formula is C19H17ClN2O2S. The minimum absolute atomic E-state index is 0.00950. The molecule has 0 amide bonds. The van der Waals surface area contributed by atoms with Crippen molar-refractivity contribution in [1.82, 2.24) is 9.55 Å². The summed E-state index contributed by atoms with van der Waals surface area (Å²) in [6, 6.07) is 6.70. The molecule has 2 heterocycles. The van der Waals surface area contributed by atoms with Crippen LogP contribution in [0.15, 0.2) is 35.4 Å². The second-order valence-electron chi connectivity index (χ2n) is 6.64. The lowest BCUT2D eigenvalue weighted by molar-refractivity contribution is 0.0970. The van der Waals surface area contributed by atoms with Crippen molar-refractivity contribution in [3.05, 3.63) is 62.0 Å². The van der Waals surface area contributed by atoms with E-state index < -0.39 is 0 Å². The molecule has 0 saturated heterocycles. The van der Waals surface area contributed by atoms with Gasteiger partial charge in [0.2, 0.25) is 0 Å². The summed E-state index contributed by atoms with van der Waals surface area (Å²) in [7, 11) is 0. The van der Waals surface area contributed by atoms with E-state index in [9.17, 15) is 9.59 Å². The number of rotatable bonds is 3. The first-order chi connectivity index (χ1) is 12.0. The maximum atomic E-state index is 12.9. The fourth-order valence-electron chi connectivity index (χ4n) is 3.36. The fraction of sp³-hybridized carbons (Fsp3) is 0.316. The molecule has 25 heavy (non-hydrogen) atoms. The Hall–Kier alpha value is -1.98. The number of nitrogens with zero attached hydrogens (tertiary/aromatic N) is 2. The van der Waals surface area contributed by atoms with E-state index in [1.54, 1.807) is 35.6 Å². The zero-order valence-electron chi connectivity index (χ0n) is 13.8. The molecule has 1 atom stereocenters. The van der Waals surface area contributed by atoms with Gasteiger partial charge in [-0.15, -0.1) is 11.3 Å². The highest BCUT2D eigenvalue weighted by molar-refractivity contribution is 7.18. The smallest absolute Gasteiger partial charge is 0.262 e. The Morgan fingerprint density at radius 3 is 2.88 bits per heavy atom. The summed E-state index contributed by atoms with van der Waals surface area (Å²) in [4.78, 5) is 31.9. The Bertz CT molecular complexity index is 1020. The van der Waals surface area contributed by atoms with Crippen LogP contribution in [0.4, 0.5) is 0 Å². The molecule has 0 spiro atoms. The zero-order chi connectivity index (χ0) is 17.6. The van der Waals surface area contributed by atoms with Gasteiger partial charge < -0.3 is 0 Å². The van der Waals surface area contributed by atoms with E-state index in [-0.39, 0.29) is 17.9 Å². The molecule has 6 heteroatoms. The summed E-state index contributed by atoms with van der Waals surface area (Å²) in [5.74, 6) is 0.520. The minimum Gasteiger partial charge on any atom is -0.292 e. The van der Waals surface area contributed by atoms with Gasteiger partial charge >= 0.3 is 0 Å². The summed E-state index contributed by atoms with van der Waals surface area (Å²) in [5.41, 5.74) is 1.57. The molecule has 2 aromatic heterocycles. The van der Waals surface area contributed by atoms with Crippen LogP contribution < -0.4 is 5.56 Å². The number of aromatic nitrogens is 2. The summed E-state index contributed by atoms with van der Waals surface area (Å²) in [6.07, 6.45) is 4.52. The van der Waals surface area contributed by atoms with Gasteiger partial charge in [0, 0.05) is 15.5 Å². The molecular weight excluding hydrogens is 356 g/mol. The molecule has 0 bridgehead atoms. The van der Waals surface area contributed by atoms with Gasteiger partial charge in [-0.3, -0.25) is 14.2 Å². The number of hydrogen-bond acceptors (Lipinski definition) is 4. The molecule has 1 aromatic carbocycles. The predicted molar refractivity (Wildman–Crippen MR) is 101 cm³/mol. The van der Waals surface area contributed by atoms with Gasteiger partial charge in [0.05, 0.1) is 18.3 Å². The average molecular weight is 373 g/mol. The van der Waals surface area contributed by atoms with Crippen molar-refractivity contribution in [2.45, 2.75) is 32.7 Å². The number of carbonyl (C=O) groups excluding carboxylic acids is 1. The van der Waals surface area contributed by atoms with Crippen LogP contribution in [0.3, 0.4) is 0 Å². The van der Waals surface area contributed by atoms with E-state index in [1.165, 1.54) is 15.8 Å². The van der Waals surface area contributed by atoms with Gasteiger partial charge in [-0.2, -0.15) is 0 Å². The maximum Gasteiger partial charge on any atom is 0.262 e. The number of aryl methyl sites for hydroxylation is 1. The first-order valence-corrected chi connectivity index (χ1v) is 9.51. The van der Waals surface area contributed by atoms with Gasteiger partial charge in [-0.25, -0.2) is 4.98 Å². The number of Topliss-reactive ketones (excluding diaryl/α,β-unsaturated/α-hetero) is 1. The highest BCUT2D eigenvalue weighted by atomic mass is 35.5. The lowest BCUT2D eigenvalue weighted by atomic mass is 9.89. The Labute approximate surface area is 154 Å². The average Bonchev–Trinajstić information content (AvgIpc) is 2.96. The Kier molecular flexibility index (Phi) is 4.21. The summed E-state index contributed by atoms with van der Waals surface area (Å²) in [5, 5.41) is 1.29. The van der Waals surface area contributed by atoms with Gasteiger partial charge in [-0.1, -0.05) is 18.5 Å². The molecule has 3 aromatic rings. The van der Waals surface area contributed by atoms with E-state index in [4.69, 9.17) is 11.6 Å². The van der Waals surface area contributed by atoms with Crippen LogP contribution in [-0.4, -0.2) is 15.3 Å². The summed E-state index contributed by atoms with van der Waals surface area (Å²) in [6.45, 7) is 2.23. The lowest BCUT2D eigenvalue weighted by Crippen LogP contribution is -2.25. The molecule has 4 nitrogen and oxygen atoms in total. The first-order valence-electron chi connectivity index (χ1n) is 8.31. The highest BCUT2D eigenvalue weighted by Gasteiger charge is 2.23. The van der Waals surface area contributed by atoms with E-state index in [0.29, 0.717) is 21.9 Å². The normalized spacial score (nSPS) is 16.8. The van der Waals surface area contributed by atoms with Crippen molar-refractivity contribution in [3.8, 4) is 0 Å². The van der Waals surface area contributed by atoms with Crippen LogP contribution in [0, 0.1) is 5.92 Å². The standard InChI is InChI=1S/C19H17ClN2O2S/c1-11-2-7-14-16(8-11)25-18-17(14)19(24)22(10-21-18)9-15(23)12-3-5-13(20)6-4-12/h3-6,10-11H,2,7-9H2,1H3. The topological polar surface area (TPSA) is 52.0 Å². The van der Waals surface area contributed by atoms with E-state index in [0.717, 1.165) is 29.7 Å². The molecule has 0 radical (unpaired) electrons. The summed E-state index contributed by atoms with van der Waals surface area (Å²) >= 11 is 7.48. The molecule has 4 rings (SSSR count). The summed E-state index contributed by atoms with van der Waals surface area (Å²) < 4.78 is 1.42. The highest BCUT2D eigenvalue weighted by Crippen LogP contribution is 2.35. The molecule has 0 N–H and O–H groups in total. The van der Waals surface area contributed by atoms with Crippen LogP contribution in [0.5, 0.6) is 0 Å². The third kappa shape index (κ3) is 3.02. The van der Waals surface area contributed by atoms with Crippen LogP contribution in [0.2, 0.25) is 5.02 Å². The Morgan fingerprint density at radius 1 is 1.36 bits per heavy atom. The molecule has 0 aliphatic heterocycles. The maximum absolute atomic E-state index is 12.9. The number of hydrogen-bond donors (Lipinski definition) is 0. The predicted octanol–water partition coefficient (Wildman–Crippen LogP) is 4.12. The number of halogens is 1. The first kappa shape index (κ1) is 16.5. The second kappa shape index (κ2) is 6.39. The lowest BCUT2D eigenvalue weighted by Gasteiger charge is -2.17. The van der Waals surface area contributed by atoms with Crippen LogP contribution in [0.1, 0.15) is 34.1 Å². The molecule has 128 valence electrons. The van der Waals surface area contributed by atoms with Crippen LogP contribution in [-0.2, 0) is 19.4 Å². The van der Waals surface area contributed by atoms with Crippen molar-refractivity contribution < 1.29 is 4.79 Å². The molecule has 1 aliphatic rings. The third-order valence-electron chi connectivity index (χ3n) is 4.76. The Morgan fingerprint density at radius 2 is 2.12 bits per heavy atom. The SMILES string of the molecule is CC1CCc2c(sc3ncn(CC(=O)c4ccc(Cl)cc4)c(=O)c23)C1. The van der Waals surface area contributed by atoms with Gasteiger partial charge in [0.1, 0.15) is 4.83 Å². The van der Waals surface area contributed by atoms with Gasteiger partial charge in [0.25, 0.3) is 5.56 Å². The van der Waals surface area contributed by atoms with Gasteiger partial charge in [-0.05, 0) is 55.0 Å². The van der Waals surface area contributed by atoms with E-state index in [1.807, 2.05) is 0 Å². The molecule has 0 fully saturated rings. The molecule has 0 saturated carbocycles. The van der Waals surface area contributed by atoms with Crippen molar-refractivity contribution >= 4 is 38.9 Å². The van der Waals surface area contributed by atoms with Gasteiger partial charge in [0.15, 0.2) is 5.78 Å². The fourth-order valence-corrected chi connectivity index (χ4v) is 4.83. The monoisotopic (exact) mass is 372 g/mol. The van der Waals surface area contributed by atoms with Crippen LogP contribution in [0.25, 0.3) is 10.2 Å². The molecule has 1 unspecified atom stereocenters. The largest absolute Gasteiger partial charge is 0.292 e. The van der Waals surface area contributed by atoms with Crippen LogP contribution >= 0.6 is 22.9 Å². The van der Waals surface area contributed by atoms with Crippen molar-refractivity contribution in [2.75, 3.05) is 0 Å². The number of benzene rings is 1. The number of fused-ring (bicyclic) bond motifs is 3. The number of carbonyl (C=O) groups is 1. The molecule has 1 aliphatic carbocycles. The zero-order valence-corrected chi connectivity index (χ0v) is 15.4. The number of ketones is 1. The second-order valence-corrected chi connectivity index (χ2v) is 8.16. The van der Waals surface area contributed by atoms with Crippen molar-refractivity contribution in [3.63, 3.8) is 0 Å². The van der Waals surface area contributed by atoms with E-state index >= 15 is 0 Å². The quantitative estimate of drug-likeness (QED) is 0.650. The number of thiophene rings is 1. The minimum atomic E-state index is -0.127. The Balaban J connectivity index is 1.71. The third-order valence-corrected chi connectivity index (χ3v) is 6.18. The van der Waals surface area contributed by atoms with E-state index in [2.05, 4.69) is 11.9 Å².